The van der Waals surface area contributed by atoms with Gasteiger partial charge in [-0.3, -0.25) is 9.78 Å². The molecule has 1 aliphatic carbocycles. The first kappa shape index (κ1) is 17.8. The summed E-state index contributed by atoms with van der Waals surface area (Å²) in [6.45, 7) is 1.40. The largest absolute Gasteiger partial charge is 0.489 e. The molecule has 1 amide bonds. The zero-order valence-corrected chi connectivity index (χ0v) is 15.5. The summed E-state index contributed by atoms with van der Waals surface area (Å²) in [6, 6.07) is 8.11. The molecule has 0 radical (unpaired) electrons. The molecule has 0 spiro atoms. The molecule has 2 aromatic heterocycles. The van der Waals surface area contributed by atoms with Gasteiger partial charge in [-0.25, -0.2) is 4.98 Å². The van der Waals surface area contributed by atoms with Crippen molar-refractivity contribution < 1.29 is 9.53 Å². The predicted octanol–water partition coefficient (Wildman–Crippen LogP) is 3.51. The Balaban J connectivity index is 1.28. The van der Waals surface area contributed by atoms with Crippen LogP contribution in [0.15, 0.2) is 42.9 Å². The van der Waals surface area contributed by atoms with Crippen molar-refractivity contribution in [3.63, 3.8) is 0 Å². The number of rotatable bonds is 5. The summed E-state index contributed by atoms with van der Waals surface area (Å²) in [5.74, 6) is 1.70. The van der Waals surface area contributed by atoms with Gasteiger partial charge in [0.1, 0.15) is 17.7 Å². The molecule has 6 heteroatoms. The lowest BCUT2D eigenvalue weighted by atomic mass is 10.1. The number of likely N-dealkylation sites (tertiary alicyclic amines) is 1. The predicted molar refractivity (Wildman–Crippen MR) is 104 cm³/mol. The Labute approximate surface area is 160 Å². The third-order valence-electron chi connectivity index (χ3n) is 5.38. The number of ether oxygens (including phenoxy) is 1. The summed E-state index contributed by atoms with van der Waals surface area (Å²) in [4.78, 5) is 23.1. The fourth-order valence-corrected chi connectivity index (χ4v) is 3.85. The number of hydrogen-bond acceptors (Lipinski definition) is 5. The first-order chi connectivity index (χ1) is 13.3. The van der Waals surface area contributed by atoms with Crippen molar-refractivity contribution in [2.75, 3.05) is 18.4 Å². The Bertz CT molecular complexity index is 737. The number of carbonyl (C=O) groups is 1. The van der Waals surface area contributed by atoms with Crippen LogP contribution in [0, 0.1) is 0 Å². The van der Waals surface area contributed by atoms with E-state index in [2.05, 4.69) is 15.3 Å². The molecule has 1 saturated heterocycles. The topological polar surface area (TPSA) is 67.4 Å². The van der Waals surface area contributed by atoms with Crippen molar-refractivity contribution in [2.45, 2.75) is 50.7 Å². The molecular weight excluding hydrogens is 340 g/mol. The molecule has 1 aliphatic heterocycles. The van der Waals surface area contributed by atoms with E-state index >= 15 is 0 Å². The van der Waals surface area contributed by atoms with E-state index in [1.165, 1.54) is 25.7 Å². The fourth-order valence-electron chi connectivity index (χ4n) is 3.85. The van der Waals surface area contributed by atoms with Crippen LogP contribution in [0.2, 0.25) is 0 Å². The number of piperidine rings is 1. The smallest absolute Gasteiger partial charge is 0.255 e. The number of amides is 1. The van der Waals surface area contributed by atoms with Crippen LogP contribution in [-0.2, 0) is 0 Å². The van der Waals surface area contributed by atoms with Gasteiger partial charge >= 0.3 is 0 Å². The fraction of sp³-hybridized carbons (Fsp3) is 0.476. The Morgan fingerprint density at radius 2 is 1.89 bits per heavy atom. The first-order valence-corrected chi connectivity index (χ1v) is 9.86. The second-order valence-corrected chi connectivity index (χ2v) is 7.36. The molecular formula is C21H26N4O2. The van der Waals surface area contributed by atoms with E-state index in [1.54, 1.807) is 18.6 Å². The van der Waals surface area contributed by atoms with Crippen molar-refractivity contribution in [3.05, 3.63) is 48.4 Å². The van der Waals surface area contributed by atoms with Gasteiger partial charge in [-0.15, -0.1) is 0 Å². The number of nitrogens with zero attached hydrogens (tertiary/aromatic N) is 3. The van der Waals surface area contributed by atoms with E-state index < -0.39 is 0 Å². The molecule has 0 unspecified atom stereocenters. The third-order valence-corrected chi connectivity index (χ3v) is 5.38. The maximum Gasteiger partial charge on any atom is 0.255 e. The zero-order valence-electron chi connectivity index (χ0n) is 15.5. The van der Waals surface area contributed by atoms with Gasteiger partial charge in [0.15, 0.2) is 0 Å². The summed E-state index contributed by atoms with van der Waals surface area (Å²) in [6.07, 6.45) is 11.9. The molecule has 6 nitrogen and oxygen atoms in total. The van der Waals surface area contributed by atoms with Gasteiger partial charge in [0.25, 0.3) is 5.91 Å². The van der Waals surface area contributed by atoms with E-state index in [4.69, 9.17) is 4.74 Å². The van der Waals surface area contributed by atoms with Crippen molar-refractivity contribution in [1.29, 1.82) is 0 Å². The van der Waals surface area contributed by atoms with Crippen LogP contribution in [0.5, 0.6) is 5.75 Å². The highest BCUT2D eigenvalue weighted by Crippen LogP contribution is 2.22. The van der Waals surface area contributed by atoms with Crippen LogP contribution in [0.1, 0.15) is 48.9 Å². The van der Waals surface area contributed by atoms with Crippen molar-refractivity contribution in [3.8, 4) is 5.75 Å². The molecule has 3 heterocycles. The van der Waals surface area contributed by atoms with Gasteiger partial charge in [-0.05, 0) is 37.1 Å². The first-order valence-electron chi connectivity index (χ1n) is 9.86. The summed E-state index contributed by atoms with van der Waals surface area (Å²) < 4.78 is 5.95. The summed E-state index contributed by atoms with van der Waals surface area (Å²) >= 11 is 0. The minimum absolute atomic E-state index is 0.0507. The quantitative estimate of drug-likeness (QED) is 0.877. The van der Waals surface area contributed by atoms with Gasteiger partial charge in [-0.1, -0.05) is 12.8 Å². The zero-order chi connectivity index (χ0) is 18.5. The summed E-state index contributed by atoms with van der Waals surface area (Å²) in [7, 11) is 0. The molecule has 4 rings (SSSR count). The molecule has 1 saturated carbocycles. The highest BCUT2D eigenvalue weighted by Gasteiger charge is 2.25. The monoisotopic (exact) mass is 366 g/mol. The lowest BCUT2D eigenvalue weighted by Crippen LogP contribution is -2.41. The van der Waals surface area contributed by atoms with Crippen LogP contribution >= 0.6 is 0 Å². The van der Waals surface area contributed by atoms with Crippen LogP contribution in [-0.4, -0.2) is 46.0 Å². The molecule has 2 aliphatic rings. The minimum Gasteiger partial charge on any atom is -0.489 e. The van der Waals surface area contributed by atoms with E-state index in [0.717, 1.165) is 24.4 Å². The average molecular weight is 366 g/mol. The van der Waals surface area contributed by atoms with E-state index in [1.807, 2.05) is 29.2 Å². The molecule has 0 atom stereocenters. The lowest BCUT2D eigenvalue weighted by Gasteiger charge is -2.32. The third kappa shape index (κ3) is 4.56. The number of pyridine rings is 2. The second kappa shape index (κ2) is 8.37. The van der Waals surface area contributed by atoms with Gasteiger partial charge < -0.3 is 15.0 Å². The van der Waals surface area contributed by atoms with Gasteiger partial charge in [0, 0.05) is 44.4 Å². The average Bonchev–Trinajstić information content (AvgIpc) is 3.22. The number of aromatic nitrogens is 2. The second-order valence-electron chi connectivity index (χ2n) is 7.36. The molecule has 0 bridgehead atoms. The maximum atomic E-state index is 12.7. The normalized spacial score (nSPS) is 18.4. The van der Waals surface area contributed by atoms with Gasteiger partial charge in [-0.2, -0.15) is 0 Å². The van der Waals surface area contributed by atoms with Gasteiger partial charge in [0.2, 0.25) is 0 Å². The molecule has 2 aromatic rings. The van der Waals surface area contributed by atoms with E-state index in [9.17, 15) is 4.79 Å². The van der Waals surface area contributed by atoms with Crippen LogP contribution in [0.25, 0.3) is 0 Å². The van der Waals surface area contributed by atoms with E-state index in [0.29, 0.717) is 24.7 Å². The molecule has 27 heavy (non-hydrogen) atoms. The van der Waals surface area contributed by atoms with Crippen LogP contribution < -0.4 is 10.1 Å². The molecule has 2 fully saturated rings. The number of nitrogens with one attached hydrogen (secondary N) is 1. The molecule has 0 aromatic carbocycles. The number of carbonyl (C=O) groups excluding carboxylic acids is 1. The SMILES string of the molecule is O=C(c1ccc(NC2CCCC2)nc1)N1CCC(Oc2cccnc2)CC1. The Morgan fingerprint density at radius 3 is 2.56 bits per heavy atom. The highest BCUT2D eigenvalue weighted by molar-refractivity contribution is 5.94. The van der Waals surface area contributed by atoms with Gasteiger partial charge in [0.05, 0.1) is 11.8 Å². The molecule has 1 N–H and O–H groups in total. The minimum atomic E-state index is 0.0507. The molecule has 142 valence electrons. The maximum absolute atomic E-state index is 12.7. The summed E-state index contributed by atoms with van der Waals surface area (Å²) in [5.41, 5.74) is 0.651. The highest BCUT2D eigenvalue weighted by atomic mass is 16.5. The standard InChI is InChI=1S/C21H26N4O2/c26-21(16-7-8-20(23-14-16)24-17-4-1-2-5-17)25-12-9-18(10-13-25)27-19-6-3-11-22-15-19/h3,6-8,11,14-15,17-18H,1-2,4-5,9-10,12-13H2,(H,23,24). The van der Waals surface area contributed by atoms with Crippen LogP contribution in [0.4, 0.5) is 5.82 Å². The van der Waals surface area contributed by atoms with Crippen LogP contribution in [0.3, 0.4) is 0 Å². The Morgan fingerprint density at radius 1 is 1.07 bits per heavy atom. The van der Waals surface area contributed by atoms with Crippen molar-refractivity contribution >= 4 is 11.7 Å². The van der Waals surface area contributed by atoms with E-state index in [-0.39, 0.29) is 12.0 Å². The number of anilines is 1. The van der Waals surface area contributed by atoms with Crippen molar-refractivity contribution in [1.82, 2.24) is 14.9 Å². The Hall–Kier alpha value is -2.63. The summed E-state index contributed by atoms with van der Waals surface area (Å²) in [5, 5.41) is 3.46. The Kier molecular flexibility index (Phi) is 5.51. The van der Waals surface area contributed by atoms with Crippen molar-refractivity contribution in [2.24, 2.45) is 0 Å². The number of hydrogen-bond donors (Lipinski definition) is 1. The lowest BCUT2D eigenvalue weighted by molar-refractivity contribution is 0.0594.